The Hall–Kier alpha value is -3.02. The summed E-state index contributed by atoms with van der Waals surface area (Å²) >= 11 is 0. The Labute approximate surface area is 191 Å². The largest absolute Gasteiger partial charge is 0.483 e. The Morgan fingerprint density at radius 2 is 1.28 bits per heavy atom. The van der Waals surface area contributed by atoms with Crippen LogP contribution < -0.4 is 9.47 Å². The summed E-state index contributed by atoms with van der Waals surface area (Å²) in [6.45, 7) is 12.3. The molecule has 0 atom stereocenters. The molecule has 1 aliphatic heterocycles. The summed E-state index contributed by atoms with van der Waals surface area (Å²) in [5.74, 6) is 1.42. The summed E-state index contributed by atoms with van der Waals surface area (Å²) in [7, 11) is 0. The first-order valence-electron chi connectivity index (χ1n) is 11.2. The summed E-state index contributed by atoms with van der Waals surface area (Å²) in [6, 6.07) is 9.91. The molecule has 1 fully saturated rings. The molecule has 1 heterocycles. The van der Waals surface area contributed by atoms with Crippen LogP contribution in [-0.4, -0.2) is 61.0 Å². The van der Waals surface area contributed by atoms with Crippen LogP contribution in [0.4, 0.5) is 0 Å². The molecule has 0 radical (unpaired) electrons. The third-order valence-corrected chi connectivity index (χ3v) is 6.32. The van der Waals surface area contributed by atoms with Crippen LogP contribution in [0.2, 0.25) is 0 Å². The number of carbonyl (C=O) groups is 2. The van der Waals surface area contributed by atoms with Gasteiger partial charge < -0.3 is 19.3 Å². The zero-order chi connectivity index (χ0) is 23.3. The van der Waals surface area contributed by atoms with Crippen molar-refractivity contribution in [3.05, 3.63) is 58.1 Å². The van der Waals surface area contributed by atoms with Crippen LogP contribution in [0.3, 0.4) is 0 Å². The lowest BCUT2D eigenvalue weighted by Gasteiger charge is -2.23. The fraction of sp³-hybridized carbons (Fsp3) is 0.462. The number of carbonyl (C=O) groups excluding carboxylic acids is 2. The summed E-state index contributed by atoms with van der Waals surface area (Å²) in [5.41, 5.74) is 5.42. The SMILES string of the molecule is Cc1cccc(OCC(=O)N2CCCN(C(=O)COc3c(C)ccc(C)c3C)CC2)c1C. The molecular formula is C26H34N2O4. The highest BCUT2D eigenvalue weighted by Crippen LogP contribution is 2.26. The molecule has 1 aliphatic rings. The van der Waals surface area contributed by atoms with Crippen LogP contribution in [-0.2, 0) is 9.59 Å². The smallest absolute Gasteiger partial charge is 0.260 e. The molecule has 0 bridgehead atoms. The fourth-order valence-corrected chi connectivity index (χ4v) is 3.90. The van der Waals surface area contributed by atoms with Crippen molar-refractivity contribution in [1.82, 2.24) is 9.80 Å². The van der Waals surface area contributed by atoms with E-state index in [0.717, 1.165) is 45.7 Å². The molecule has 2 amide bonds. The molecule has 0 aromatic heterocycles. The van der Waals surface area contributed by atoms with Crippen molar-refractivity contribution < 1.29 is 19.1 Å². The highest BCUT2D eigenvalue weighted by Gasteiger charge is 2.23. The monoisotopic (exact) mass is 438 g/mol. The standard InChI is InChI=1S/C26H34N2O4/c1-18-8-6-9-23(21(18)4)31-16-24(29)27-12-7-13-28(15-14-27)25(30)17-32-26-20(3)11-10-19(2)22(26)5/h6,8-11H,7,12-17H2,1-5H3. The summed E-state index contributed by atoms with van der Waals surface area (Å²) in [6.07, 6.45) is 0.740. The molecule has 1 saturated heterocycles. The van der Waals surface area contributed by atoms with Crippen molar-refractivity contribution in [3.63, 3.8) is 0 Å². The molecule has 172 valence electrons. The molecule has 6 nitrogen and oxygen atoms in total. The molecule has 0 spiro atoms. The van der Waals surface area contributed by atoms with Gasteiger partial charge in [-0.1, -0.05) is 24.3 Å². The molecule has 0 N–H and O–H groups in total. The fourth-order valence-electron chi connectivity index (χ4n) is 3.90. The minimum absolute atomic E-state index is 0.00721. The van der Waals surface area contributed by atoms with Gasteiger partial charge in [0.1, 0.15) is 11.5 Å². The number of aryl methyl sites for hydroxylation is 3. The Morgan fingerprint density at radius 3 is 1.94 bits per heavy atom. The van der Waals surface area contributed by atoms with Gasteiger partial charge in [-0.25, -0.2) is 0 Å². The number of nitrogens with zero attached hydrogens (tertiary/aromatic N) is 2. The number of amides is 2. The minimum Gasteiger partial charge on any atom is -0.483 e. The second-order valence-corrected chi connectivity index (χ2v) is 8.54. The van der Waals surface area contributed by atoms with Gasteiger partial charge in [0.2, 0.25) is 0 Å². The number of ether oxygens (including phenoxy) is 2. The van der Waals surface area contributed by atoms with Gasteiger partial charge in [0.25, 0.3) is 11.8 Å². The second kappa shape index (κ2) is 10.5. The van der Waals surface area contributed by atoms with E-state index >= 15 is 0 Å². The molecule has 0 saturated carbocycles. The van der Waals surface area contributed by atoms with E-state index in [4.69, 9.17) is 9.47 Å². The van der Waals surface area contributed by atoms with Crippen LogP contribution in [0.1, 0.15) is 34.2 Å². The summed E-state index contributed by atoms with van der Waals surface area (Å²) in [5, 5.41) is 0. The van der Waals surface area contributed by atoms with Gasteiger partial charge in [-0.05, 0) is 74.9 Å². The van der Waals surface area contributed by atoms with Gasteiger partial charge in [0, 0.05) is 26.2 Å². The maximum atomic E-state index is 12.8. The average molecular weight is 439 g/mol. The van der Waals surface area contributed by atoms with Crippen molar-refractivity contribution in [1.29, 1.82) is 0 Å². The quantitative estimate of drug-likeness (QED) is 0.689. The Balaban J connectivity index is 1.51. The van der Waals surface area contributed by atoms with E-state index in [1.807, 2.05) is 58.9 Å². The highest BCUT2D eigenvalue weighted by atomic mass is 16.5. The van der Waals surface area contributed by atoms with Crippen molar-refractivity contribution in [2.75, 3.05) is 39.4 Å². The highest BCUT2D eigenvalue weighted by molar-refractivity contribution is 5.79. The molecule has 2 aromatic carbocycles. The molecular weight excluding hydrogens is 404 g/mol. The van der Waals surface area contributed by atoms with Crippen LogP contribution in [0, 0.1) is 34.6 Å². The number of hydrogen-bond acceptors (Lipinski definition) is 4. The van der Waals surface area contributed by atoms with Crippen molar-refractivity contribution >= 4 is 11.8 Å². The minimum atomic E-state index is -0.0533. The average Bonchev–Trinajstić information content (AvgIpc) is 3.03. The van der Waals surface area contributed by atoms with E-state index in [1.165, 1.54) is 0 Å². The van der Waals surface area contributed by atoms with Gasteiger partial charge in [0.15, 0.2) is 13.2 Å². The lowest BCUT2D eigenvalue weighted by Crippen LogP contribution is -2.40. The first-order chi connectivity index (χ1) is 15.3. The van der Waals surface area contributed by atoms with Crippen molar-refractivity contribution in [2.24, 2.45) is 0 Å². The zero-order valence-corrected chi connectivity index (χ0v) is 19.9. The zero-order valence-electron chi connectivity index (χ0n) is 19.9. The first kappa shape index (κ1) is 23.6. The lowest BCUT2D eigenvalue weighted by atomic mass is 10.1. The normalized spacial score (nSPS) is 14.2. The second-order valence-electron chi connectivity index (χ2n) is 8.54. The van der Waals surface area contributed by atoms with Gasteiger partial charge >= 0.3 is 0 Å². The lowest BCUT2D eigenvalue weighted by molar-refractivity contribution is -0.135. The molecule has 0 unspecified atom stereocenters. The topological polar surface area (TPSA) is 59.1 Å². The summed E-state index contributed by atoms with van der Waals surface area (Å²) in [4.78, 5) is 29.0. The number of hydrogen-bond donors (Lipinski definition) is 0. The van der Waals surface area contributed by atoms with E-state index in [2.05, 4.69) is 6.07 Å². The van der Waals surface area contributed by atoms with Gasteiger partial charge in [-0.2, -0.15) is 0 Å². The molecule has 0 aliphatic carbocycles. The molecule has 2 aromatic rings. The van der Waals surface area contributed by atoms with Gasteiger partial charge in [-0.3, -0.25) is 9.59 Å². The van der Waals surface area contributed by atoms with Gasteiger partial charge in [-0.15, -0.1) is 0 Å². The number of benzene rings is 2. The van der Waals surface area contributed by atoms with E-state index in [-0.39, 0.29) is 25.0 Å². The maximum Gasteiger partial charge on any atom is 0.260 e. The molecule has 6 heteroatoms. The molecule has 3 rings (SSSR count). The Morgan fingerprint density at radius 1 is 0.719 bits per heavy atom. The number of rotatable bonds is 6. The third-order valence-electron chi connectivity index (χ3n) is 6.32. The van der Waals surface area contributed by atoms with E-state index in [1.54, 1.807) is 9.80 Å². The van der Waals surface area contributed by atoms with Gasteiger partial charge in [0.05, 0.1) is 0 Å². The third kappa shape index (κ3) is 5.61. The Kier molecular flexibility index (Phi) is 7.78. The Bertz CT molecular complexity index is 986. The van der Waals surface area contributed by atoms with Crippen LogP contribution >= 0.6 is 0 Å². The predicted octanol–water partition coefficient (Wildman–Crippen LogP) is 3.75. The van der Waals surface area contributed by atoms with Crippen LogP contribution in [0.15, 0.2) is 30.3 Å². The maximum absolute atomic E-state index is 12.8. The van der Waals surface area contributed by atoms with E-state index < -0.39 is 0 Å². The first-order valence-corrected chi connectivity index (χ1v) is 11.2. The van der Waals surface area contributed by atoms with E-state index in [9.17, 15) is 9.59 Å². The van der Waals surface area contributed by atoms with Crippen molar-refractivity contribution in [3.8, 4) is 11.5 Å². The van der Waals surface area contributed by atoms with Crippen molar-refractivity contribution in [2.45, 2.75) is 41.0 Å². The molecule has 32 heavy (non-hydrogen) atoms. The summed E-state index contributed by atoms with van der Waals surface area (Å²) < 4.78 is 11.7. The predicted molar refractivity (Wildman–Crippen MR) is 125 cm³/mol. The van der Waals surface area contributed by atoms with Crippen LogP contribution in [0.5, 0.6) is 11.5 Å². The van der Waals surface area contributed by atoms with Crippen LogP contribution in [0.25, 0.3) is 0 Å². The van der Waals surface area contributed by atoms with E-state index in [0.29, 0.717) is 26.2 Å².